The first-order valence-electron chi connectivity index (χ1n) is 5.64. The zero-order valence-corrected chi connectivity index (χ0v) is 11.0. The average molecular weight is 200 g/mol. The molecule has 0 bridgehead atoms. The Morgan fingerprint density at radius 1 is 1.14 bits per heavy atom. The summed E-state index contributed by atoms with van der Waals surface area (Å²) in [4.78, 5) is 2.25. The SMILES string of the molecule is CC(C)NC(CCN(C)C)C(C)(C)C. The van der Waals surface area contributed by atoms with Crippen LogP contribution in [-0.2, 0) is 0 Å². The Morgan fingerprint density at radius 2 is 1.64 bits per heavy atom. The van der Waals surface area contributed by atoms with Crippen molar-refractivity contribution < 1.29 is 0 Å². The van der Waals surface area contributed by atoms with Crippen molar-refractivity contribution in [2.75, 3.05) is 20.6 Å². The van der Waals surface area contributed by atoms with Gasteiger partial charge in [0.1, 0.15) is 0 Å². The second kappa shape index (κ2) is 5.72. The molecular weight excluding hydrogens is 172 g/mol. The summed E-state index contributed by atoms with van der Waals surface area (Å²) in [5.41, 5.74) is 0.348. The molecule has 0 saturated heterocycles. The first kappa shape index (κ1) is 13.9. The number of rotatable bonds is 5. The third-order valence-corrected chi connectivity index (χ3v) is 2.44. The molecule has 2 nitrogen and oxygen atoms in total. The lowest BCUT2D eigenvalue weighted by atomic mass is 9.84. The molecule has 0 spiro atoms. The molecule has 0 amide bonds. The van der Waals surface area contributed by atoms with Crippen LogP contribution in [0, 0.1) is 5.41 Å². The van der Waals surface area contributed by atoms with E-state index in [0.717, 1.165) is 6.54 Å². The molecule has 0 saturated carbocycles. The molecule has 86 valence electrons. The summed E-state index contributed by atoms with van der Waals surface area (Å²) in [6, 6.07) is 1.17. The van der Waals surface area contributed by atoms with Crippen LogP contribution in [0.4, 0.5) is 0 Å². The maximum Gasteiger partial charge on any atom is 0.0130 e. The molecule has 2 heteroatoms. The maximum absolute atomic E-state index is 3.65. The molecule has 0 rings (SSSR count). The molecule has 0 aliphatic heterocycles. The summed E-state index contributed by atoms with van der Waals surface area (Å²) in [6.45, 7) is 12.5. The van der Waals surface area contributed by atoms with Gasteiger partial charge in [0, 0.05) is 12.1 Å². The Morgan fingerprint density at radius 3 is 1.93 bits per heavy atom. The van der Waals surface area contributed by atoms with E-state index in [1.165, 1.54) is 6.42 Å². The first-order valence-corrected chi connectivity index (χ1v) is 5.64. The largest absolute Gasteiger partial charge is 0.311 e. The summed E-state index contributed by atoms with van der Waals surface area (Å²) < 4.78 is 0. The molecule has 0 fully saturated rings. The van der Waals surface area contributed by atoms with Crippen LogP contribution in [0.25, 0.3) is 0 Å². The zero-order chi connectivity index (χ0) is 11.4. The normalized spacial score (nSPS) is 15.2. The summed E-state index contributed by atoms with van der Waals surface area (Å²) in [7, 11) is 4.27. The number of nitrogens with one attached hydrogen (secondary N) is 1. The van der Waals surface area contributed by atoms with Crippen molar-refractivity contribution in [1.29, 1.82) is 0 Å². The minimum absolute atomic E-state index is 0.348. The highest BCUT2D eigenvalue weighted by Gasteiger charge is 2.24. The lowest BCUT2D eigenvalue weighted by molar-refractivity contribution is 0.221. The van der Waals surface area contributed by atoms with Crippen LogP contribution in [0.5, 0.6) is 0 Å². The van der Waals surface area contributed by atoms with E-state index in [-0.39, 0.29) is 0 Å². The van der Waals surface area contributed by atoms with E-state index < -0.39 is 0 Å². The van der Waals surface area contributed by atoms with Crippen LogP contribution in [0.15, 0.2) is 0 Å². The van der Waals surface area contributed by atoms with Gasteiger partial charge >= 0.3 is 0 Å². The summed E-state index contributed by atoms with van der Waals surface area (Å²) in [6.07, 6.45) is 1.22. The van der Waals surface area contributed by atoms with Gasteiger partial charge in [-0.25, -0.2) is 0 Å². The third-order valence-electron chi connectivity index (χ3n) is 2.44. The van der Waals surface area contributed by atoms with Crippen LogP contribution in [0.2, 0.25) is 0 Å². The van der Waals surface area contributed by atoms with Gasteiger partial charge in [0.25, 0.3) is 0 Å². The molecule has 1 atom stereocenters. The van der Waals surface area contributed by atoms with Gasteiger partial charge in [0.2, 0.25) is 0 Å². The molecule has 14 heavy (non-hydrogen) atoms. The summed E-state index contributed by atoms with van der Waals surface area (Å²) in [5, 5.41) is 3.65. The van der Waals surface area contributed by atoms with Gasteiger partial charge in [-0.3, -0.25) is 0 Å². The lowest BCUT2D eigenvalue weighted by Gasteiger charge is -2.34. The maximum atomic E-state index is 3.65. The second-order valence-electron chi connectivity index (χ2n) is 5.83. The van der Waals surface area contributed by atoms with E-state index in [2.05, 4.69) is 58.9 Å². The van der Waals surface area contributed by atoms with Gasteiger partial charge in [-0.05, 0) is 32.5 Å². The van der Waals surface area contributed by atoms with Gasteiger partial charge in [0.05, 0.1) is 0 Å². The Labute approximate surface area is 90.1 Å². The monoisotopic (exact) mass is 200 g/mol. The summed E-state index contributed by atoms with van der Waals surface area (Å²) in [5.74, 6) is 0. The average Bonchev–Trinajstić information content (AvgIpc) is 1.94. The Bertz CT molecular complexity index is 145. The van der Waals surface area contributed by atoms with Crippen molar-refractivity contribution in [3.05, 3.63) is 0 Å². The molecule has 0 aliphatic carbocycles. The molecular formula is C12H28N2. The van der Waals surface area contributed by atoms with Crippen LogP contribution in [0.1, 0.15) is 41.0 Å². The molecule has 1 unspecified atom stereocenters. The van der Waals surface area contributed by atoms with E-state index in [0.29, 0.717) is 17.5 Å². The molecule has 0 aromatic heterocycles. The molecule has 0 aromatic carbocycles. The topological polar surface area (TPSA) is 15.3 Å². The van der Waals surface area contributed by atoms with E-state index in [1.54, 1.807) is 0 Å². The Kier molecular flexibility index (Phi) is 5.68. The quantitative estimate of drug-likeness (QED) is 0.733. The zero-order valence-electron chi connectivity index (χ0n) is 11.0. The second-order valence-corrected chi connectivity index (χ2v) is 5.83. The molecule has 0 aliphatic rings. The van der Waals surface area contributed by atoms with E-state index >= 15 is 0 Å². The fourth-order valence-electron chi connectivity index (χ4n) is 1.56. The van der Waals surface area contributed by atoms with Crippen LogP contribution >= 0.6 is 0 Å². The highest BCUT2D eigenvalue weighted by molar-refractivity contribution is 4.82. The van der Waals surface area contributed by atoms with Crippen LogP contribution in [-0.4, -0.2) is 37.6 Å². The van der Waals surface area contributed by atoms with Gasteiger partial charge in [-0.15, -0.1) is 0 Å². The van der Waals surface area contributed by atoms with Gasteiger partial charge in [0.15, 0.2) is 0 Å². The Balaban J connectivity index is 4.12. The Hall–Kier alpha value is -0.0800. The predicted octanol–water partition coefficient (Wildman–Crippen LogP) is 2.35. The highest BCUT2D eigenvalue weighted by atomic mass is 15.1. The first-order chi connectivity index (χ1) is 6.23. The predicted molar refractivity (Wildman–Crippen MR) is 64.7 cm³/mol. The molecule has 0 aromatic rings. The fraction of sp³-hybridized carbons (Fsp3) is 1.00. The van der Waals surface area contributed by atoms with Crippen molar-refractivity contribution >= 4 is 0 Å². The van der Waals surface area contributed by atoms with E-state index in [9.17, 15) is 0 Å². The van der Waals surface area contributed by atoms with E-state index in [1.807, 2.05) is 0 Å². The molecule has 0 heterocycles. The number of nitrogens with zero attached hydrogens (tertiary/aromatic N) is 1. The van der Waals surface area contributed by atoms with Crippen molar-refractivity contribution in [3.63, 3.8) is 0 Å². The minimum Gasteiger partial charge on any atom is -0.311 e. The van der Waals surface area contributed by atoms with Crippen LogP contribution in [0.3, 0.4) is 0 Å². The van der Waals surface area contributed by atoms with Crippen LogP contribution < -0.4 is 5.32 Å². The van der Waals surface area contributed by atoms with Crippen molar-refractivity contribution in [2.24, 2.45) is 5.41 Å². The van der Waals surface area contributed by atoms with Gasteiger partial charge in [-0.1, -0.05) is 34.6 Å². The highest BCUT2D eigenvalue weighted by Crippen LogP contribution is 2.22. The molecule has 0 radical (unpaired) electrons. The van der Waals surface area contributed by atoms with Crippen molar-refractivity contribution in [1.82, 2.24) is 10.2 Å². The van der Waals surface area contributed by atoms with Gasteiger partial charge < -0.3 is 10.2 Å². The minimum atomic E-state index is 0.348. The van der Waals surface area contributed by atoms with Crippen molar-refractivity contribution in [3.8, 4) is 0 Å². The standard InChI is InChI=1S/C12H28N2/c1-10(2)13-11(12(3,4)5)8-9-14(6)7/h10-11,13H,8-9H2,1-7H3. The van der Waals surface area contributed by atoms with E-state index in [4.69, 9.17) is 0 Å². The lowest BCUT2D eigenvalue weighted by Crippen LogP contribution is -2.45. The number of hydrogen-bond acceptors (Lipinski definition) is 2. The third kappa shape index (κ3) is 6.39. The summed E-state index contributed by atoms with van der Waals surface area (Å²) >= 11 is 0. The van der Waals surface area contributed by atoms with Gasteiger partial charge in [-0.2, -0.15) is 0 Å². The number of hydrogen-bond donors (Lipinski definition) is 1. The molecule has 1 N–H and O–H groups in total. The fourth-order valence-corrected chi connectivity index (χ4v) is 1.56. The smallest absolute Gasteiger partial charge is 0.0130 e. The van der Waals surface area contributed by atoms with Crippen molar-refractivity contribution in [2.45, 2.75) is 53.1 Å².